The van der Waals surface area contributed by atoms with Crippen molar-refractivity contribution in [2.24, 2.45) is 0 Å². The van der Waals surface area contributed by atoms with E-state index in [1.54, 1.807) is 11.3 Å². The van der Waals surface area contributed by atoms with Gasteiger partial charge in [-0.3, -0.25) is 4.79 Å². The Balaban J connectivity index is 1.72. The zero-order chi connectivity index (χ0) is 20.5. The average Bonchev–Trinajstić information content (AvgIpc) is 3.13. The number of aromatic nitrogens is 1. The molecule has 1 amide bonds. The van der Waals surface area contributed by atoms with Gasteiger partial charge in [0.05, 0.1) is 33.1 Å². The molecule has 0 saturated carbocycles. The molecule has 4 rings (SSSR count). The highest BCUT2D eigenvalue weighted by Crippen LogP contribution is 2.37. The fraction of sp³-hybridized carbons (Fsp3) is 0.0476. The van der Waals surface area contributed by atoms with Crippen molar-refractivity contribution >= 4 is 78.9 Å². The van der Waals surface area contributed by atoms with Crippen LogP contribution < -0.4 is 10.1 Å². The van der Waals surface area contributed by atoms with Crippen LogP contribution in [0.4, 0.5) is 5.69 Å². The fourth-order valence-corrected chi connectivity index (χ4v) is 5.00. The number of thiazole rings is 1. The number of hydrogen-bond donors (Lipinski definition) is 1. The molecule has 1 N–H and O–H groups in total. The Labute approximate surface area is 195 Å². The largest absolute Gasteiger partial charge is 0.494 e. The SMILES string of the molecule is COc1c(Cl)cc(C(=O)Nc2ccc(I)cc2-c2nc3ccccc3s2)cc1Cl. The molecule has 4 nitrogen and oxygen atoms in total. The summed E-state index contributed by atoms with van der Waals surface area (Å²) >= 11 is 16.2. The van der Waals surface area contributed by atoms with Crippen molar-refractivity contribution in [2.45, 2.75) is 0 Å². The Hall–Kier alpha value is -1.87. The quantitative estimate of drug-likeness (QED) is 0.273. The van der Waals surface area contributed by atoms with Crippen LogP contribution in [0.2, 0.25) is 10.0 Å². The maximum atomic E-state index is 12.9. The molecular formula is C21H13Cl2IN2O2S. The van der Waals surface area contributed by atoms with Crippen molar-refractivity contribution in [3.8, 4) is 16.3 Å². The minimum Gasteiger partial charge on any atom is -0.494 e. The number of anilines is 1. The van der Waals surface area contributed by atoms with Gasteiger partial charge in [0.2, 0.25) is 0 Å². The number of ether oxygens (including phenoxy) is 1. The van der Waals surface area contributed by atoms with Gasteiger partial charge in [-0.1, -0.05) is 35.3 Å². The van der Waals surface area contributed by atoms with E-state index in [0.717, 1.165) is 24.4 Å². The van der Waals surface area contributed by atoms with Crippen LogP contribution in [-0.2, 0) is 0 Å². The monoisotopic (exact) mass is 554 g/mol. The summed E-state index contributed by atoms with van der Waals surface area (Å²) in [5.41, 5.74) is 2.79. The number of amides is 1. The maximum Gasteiger partial charge on any atom is 0.255 e. The van der Waals surface area contributed by atoms with Gasteiger partial charge in [0.25, 0.3) is 5.91 Å². The highest BCUT2D eigenvalue weighted by Gasteiger charge is 2.17. The van der Waals surface area contributed by atoms with Crippen LogP contribution in [0.15, 0.2) is 54.6 Å². The normalized spacial score (nSPS) is 10.9. The average molecular weight is 555 g/mol. The Bertz CT molecular complexity index is 1190. The van der Waals surface area contributed by atoms with E-state index in [9.17, 15) is 4.79 Å². The van der Waals surface area contributed by atoms with E-state index in [1.807, 2.05) is 42.5 Å². The van der Waals surface area contributed by atoms with Crippen molar-refractivity contribution in [3.63, 3.8) is 0 Å². The van der Waals surface area contributed by atoms with E-state index in [-0.39, 0.29) is 16.0 Å². The number of methoxy groups -OCH3 is 1. The number of rotatable bonds is 4. The zero-order valence-electron chi connectivity index (χ0n) is 15.0. The van der Waals surface area contributed by atoms with Gasteiger partial charge >= 0.3 is 0 Å². The first-order chi connectivity index (χ1) is 14.0. The second-order valence-corrected chi connectivity index (χ2v) is 9.19. The second kappa shape index (κ2) is 8.47. The van der Waals surface area contributed by atoms with Crippen molar-refractivity contribution in [3.05, 3.63) is 73.8 Å². The molecule has 3 aromatic carbocycles. The number of para-hydroxylation sites is 1. The third-order valence-electron chi connectivity index (χ3n) is 4.22. The van der Waals surface area contributed by atoms with E-state index < -0.39 is 0 Å². The highest BCUT2D eigenvalue weighted by atomic mass is 127. The summed E-state index contributed by atoms with van der Waals surface area (Å²) < 4.78 is 7.28. The Morgan fingerprint density at radius 2 is 1.83 bits per heavy atom. The van der Waals surface area contributed by atoms with Gasteiger partial charge in [-0.25, -0.2) is 4.98 Å². The van der Waals surface area contributed by atoms with E-state index in [2.05, 4.69) is 27.9 Å². The third kappa shape index (κ3) is 4.21. The topological polar surface area (TPSA) is 51.2 Å². The van der Waals surface area contributed by atoms with E-state index in [4.69, 9.17) is 32.9 Å². The molecule has 0 unspecified atom stereocenters. The molecule has 146 valence electrons. The summed E-state index contributed by atoms with van der Waals surface area (Å²) in [6, 6.07) is 16.8. The van der Waals surface area contributed by atoms with Crippen molar-refractivity contribution < 1.29 is 9.53 Å². The molecule has 8 heteroatoms. The molecule has 0 bridgehead atoms. The first kappa shape index (κ1) is 20.4. The molecule has 0 atom stereocenters. The minimum absolute atomic E-state index is 0.277. The summed E-state index contributed by atoms with van der Waals surface area (Å²) in [6.07, 6.45) is 0. The molecule has 0 fully saturated rings. The molecule has 0 spiro atoms. The van der Waals surface area contributed by atoms with Gasteiger partial charge in [-0.2, -0.15) is 0 Å². The lowest BCUT2D eigenvalue weighted by atomic mass is 10.1. The van der Waals surface area contributed by atoms with Gasteiger partial charge in [0, 0.05) is 14.7 Å². The van der Waals surface area contributed by atoms with Crippen LogP contribution in [0.1, 0.15) is 10.4 Å². The smallest absolute Gasteiger partial charge is 0.255 e. The van der Waals surface area contributed by atoms with Crippen LogP contribution in [0.25, 0.3) is 20.8 Å². The lowest BCUT2D eigenvalue weighted by Crippen LogP contribution is -2.13. The molecule has 4 aromatic rings. The molecule has 1 aromatic heterocycles. The first-order valence-corrected chi connectivity index (χ1v) is 11.1. The summed E-state index contributed by atoms with van der Waals surface area (Å²) in [4.78, 5) is 17.6. The van der Waals surface area contributed by atoms with Gasteiger partial charge < -0.3 is 10.1 Å². The van der Waals surface area contributed by atoms with Gasteiger partial charge in [-0.15, -0.1) is 11.3 Å². The molecule has 0 aliphatic heterocycles. The van der Waals surface area contributed by atoms with Gasteiger partial charge in [0.15, 0.2) is 5.75 Å². The van der Waals surface area contributed by atoms with Gasteiger partial charge in [0.1, 0.15) is 5.01 Å². The van der Waals surface area contributed by atoms with Crippen LogP contribution in [0.5, 0.6) is 5.75 Å². The molecule has 0 aliphatic carbocycles. The van der Waals surface area contributed by atoms with Crippen LogP contribution >= 0.6 is 57.1 Å². The van der Waals surface area contributed by atoms with E-state index in [1.165, 1.54) is 19.2 Å². The summed E-state index contributed by atoms with van der Waals surface area (Å²) in [7, 11) is 1.47. The minimum atomic E-state index is -0.319. The molecular weight excluding hydrogens is 542 g/mol. The summed E-state index contributed by atoms with van der Waals surface area (Å²) in [6.45, 7) is 0. The standard InChI is InChI=1S/C21H13Cl2IN2O2S/c1-28-19-14(22)8-11(9-15(19)23)20(27)25-16-7-6-12(24)10-13(16)21-26-17-4-2-3-5-18(17)29-21/h2-10H,1H3,(H,25,27). The summed E-state index contributed by atoms with van der Waals surface area (Å²) in [5, 5.41) is 4.35. The van der Waals surface area contributed by atoms with Crippen molar-refractivity contribution in [1.29, 1.82) is 0 Å². The highest BCUT2D eigenvalue weighted by molar-refractivity contribution is 14.1. The number of benzene rings is 3. The maximum absolute atomic E-state index is 12.9. The molecule has 1 heterocycles. The van der Waals surface area contributed by atoms with Crippen molar-refractivity contribution in [2.75, 3.05) is 12.4 Å². The number of nitrogens with one attached hydrogen (secondary N) is 1. The predicted molar refractivity (Wildman–Crippen MR) is 129 cm³/mol. The van der Waals surface area contributed by atoms with Crippen LogP contribution in [0.3, 0.4) is 0 Å². The second-order valence-electron chi connectivity index (χ2n) is 6.10. The lowest BCUT2D eigenvalue weighted by Gasteiger charge is -2.12. The Morgan fingerprint density at radius 1 is 1.10 bits per heavy atom. The van der Waals surface area contributed by atoms with E-state index in [0.29, 0.717) is 17.0 Å². The number of carbonyl (C=O) groups excluding carboxylic acids is 1. The lowest BCUT2D eigenvalue weighted by molar-refractivity contribution is 0.102. The zero-order valence-corrected chi connectivity index (χ0v) is 19.5. The number of fused-ring (bicyclic) bond motifs is 1. The number of carbonyl (C=O) groups is 1. The third-order valence-corrected chi connectivity index (χ3v) is 6.52. The predicted octanol–water partition coefficient (Wildman–Crippen LogP) is 7.14. The number of halogens is 3. The van der Waals surface area contributed by atoms with Crippen LogP contribution in [0, 0.1) is 3.57 Å². The number of hydrogen-bond acceptors (Lipinski definition) is 4. The molecule has 29 heavy (non-hydrogen) atoms. The summed E-state index contributed by atoms with van der Waals surface area (Å²) in [5.74, 6) is 0.0225. The number of nitrogens with zero attached hydrogens (tertiary/aromatic N) is 1. The fourth-order valence-electron chi connectivity index (χ4n) is 2.87. The Kier molecular flexibility index (Phi) is 5.96. The molecule has 0 saturated heterocycles. The molecule has 0 aliphatic rings. The van der Waals surface area contributed by atoms with Gasteiger partial charge in [-0.05, 0) is 65.1 Å². The van der Waals surface area contributed by atoms with Crippen molar-refractivity contribution in [1.82, 2.24) is 4.98 Å². The van der Waals surface area contributed by atoms with E-state index >= 15 is 0 Å². The van der Waals surface area contributed by atoms with Crippen LogP contribution in [-0.4, -0.2) is 18.0 Å². The Morgan fingerprint density at radius 3 is 2.52 bits per heavy atom. The molecule has 0 radical (unpaired) electrons. The first-order valence-electron chi connectivity index (χ1n) is 8.46.